The lowest BCUT2D eigenvalue weighted by atomic mass is 10.3. The highest BCUT2D eigenvalue weighted by atomic mass is 35.5. The number of aromatic nitrogens is 3. The molecule has 0 radical (unpaired) electrons. The molecule has 0 saturated heterocycles. The van der Waals surface area contributed by atoms with Gasteiger partial charge in [-0.15, -0.1) is 11.3 Å². The minimum Gasteiger partial charge on any atom is -0.451 e. The number of nitrogens with one attached hydrogen (secondary N) is 1. The first-order valence-corrected chi connectivity index (χ1v) is 9.79. The van der Waals surface area contributed by atoms with Crippen LogP contribution in [0, 0.1) is 0 Å². The zero-order valence-corrected chi connectivity index (χ0v) is 17.4. The van der Waals surface area contributed by atoms with Gasteiger partial charge >= 0.3 is 5.97 Å². The Kier molecular flexibility index (Phi) is 6.69. The first-order valence-electron chi connectivity index (χ1n) is 7.39. The number of ether oxygens (including phenoxy) is 1. The topological polar surface area (TPSA) is 94.1 Å². The number of nitrogens with zero attached hydrogens (tertiary/aromatic N) is 3. The number of benzene rings is 1. The lowest BCUT2D eigenvalue weighted by molar-refractivity contribution is -0.119. The molecule has 144 valence electrons. The maximum absolute atomic E-state index is 12.1. The summed E-state index contributed by atoms with van der Waals surface area (Å²) >= 11 is 25.0. The third-order valence-corrected chi connectivity index (χ3v) is 5.59. The van der Waals surface area contributed by atoms with E-state index in [2.05, 4.69) is 20.3 Å². The summed E-state index contributed by atoms with van der Waals surface area (Å²) in [6.45, 7) is -0.593. The third kappa shape index (κ3) is 4.71. The quantitative estimate of drug-likeness (QED) is 0.410. The fourth-order valence-corrected chi connectivity index (χ4v) is 3.58. The number of anilines is 1. The van der Waals surface area contributed by atoms with Crippen molar-refractivity contribution in [3.63, 3.8) is 0 Å². The Morgan fingerprint density at radius 3 is 2.36 bits per heavy atom. The van der Waals surface area contributed by atoms with Crippen LogP contribution < -0.4 is 5.32 Å². The molecule has 12 heteroatoms. The molecule has 0 spiro atoms. The van der Waals surface area contributed by atoms with E-state index in [1.54, 1.807) is 18.5 Å². The van der Waals surface area contributed by atoms with Crippen molar-refractivity contribution in [2.45, 2.75) is 0 Å². The second kappa shape index (κ2) is 9.02. The van der Waals surface area contributed by atoms with Crippen LogP contribution in [0.5, 0.6) is 0 Å². The van der Waals surface area contributed by atoms with E-state index in [1.165, 1.54) is 22.8 Å². The average molecular weight is 478 g/mol. The average Bonchev–Trinajstić information content (AvgIpc) is 3.19. The summed E-state index contributed by atoms with van der Waals surface area (Å²) in [5.41, 5.74) is 0.0566. The van der Waals surface area contributed by atoms with Crippen molar-refractivity contribution < 1.29 is 14.3 Å². The van der Waals surface area contributed by atoms with E-state index in [1.807, 2.05) is 0 Å². The maximum atomic E-state index is 12.1. The van der Waals surface area contributed by atoms with Gasteiger partial charge < -0.3 is 10.1 Å². The van der Waals surface area contributed by atoms with Crippen molar-refractivity contribution >= 4 is 75.3 Å². The molecular weight excluding hydrogens is 470 g/mol. The van der Waals surface area contributed by atoms with Crippen LogP contribution in [0.1, 0.15) is 10.5 Å². The number of halogens is 4. The summed E-state index contributed by atoms with van der Waals surface area (Å²) in [6, 6.07) is 3.01. The minimum absolute atomic E-state index is 0.0164. The molecule has 1 amide bonds. The zero-order valence-electron chi connectivity index (χ0n) is 13.6. The fourth-order valence-electron chi connectivity index (χ4n) is 1.94. The van der Waals surface area contributed by atoms with Crippen molar-refractivity contribution in [2.75, 3.05) is 11.9 Å². The van der Waals surface area contributed by atoms with Gasteiger partial charge in [-0.05, 0) is 12.1 Å². The number of carbonyl (C=O) groups excluding carboxylic acids is 2. The van der Waals surface area contributed by atoms with Crippen LogP contribution in [0.15, 0.2) is 29.9 Å². The maximum Gasteiger partial charge on any atom is 0.358 e. The molecule has 2 aromatic heterocycles. The van der Waals surface area contributed by atoms with Gasteiger partial charge in [0.05, 0.1) is 25.8 Å². The molecule has 28 heavy (non-hydrogen) atoms. The molecule has 2 heterocycles. The summed E-state index contributed by atoms with van der Waals surface area (Å²) in [4.78, 5) is 36.4. The molecule has 0 aliphatic heterocycles. The predicted molar refractivity (Wildman–Crippen MR) is 109 cm³/mol. The van der Waals surface area contributed by atoms with Crippen molar-refractivity contribution in [3.05, 3.63) is 55.7 Å². The number of hydrogen-bond acceptors (Lipinski definition) is 7. The van der Waals surface area contributed by atoms with Crippen molar-refractivity contribution in [1.82, 2.24) is 15.0 Å². The predicted octanol–water partition coefficient (Wildman–Crippen LogP) is 5.01. The zero-order chi connectivity index (χ0) is 20.3. The Bertz CT molecular complexity index is 1020. The number of carbonyl (C=O) groups is 2. The highest BCUT2D eigenvalue weighted by Gasteiger charge is 2.19. The van der Waals surface area contributed by atoms with E-state index in [-0.39, 0.29) is 31.5 Å². The van der Waals surface area contributed by atoms with Gasteiger partial charge in [0.25, 0.3) is 5.91 Å². The third-order valence-electron chi connectivity index (χ3n) is 3.18. The normalized spacial score (nSPS) is 10.6. The summed E-state index contributed by atoms with van der Waals surface area (Å²) in [5.74, 6) is -1.08. The first kappa shape index (κ1) is 20.8. The van der Waals surface area contributed by atoms with Gasteiger partial charge in [0.15, 0.2) is 23.1 Å². The van der Waals surface area contributed by atoms with E-state index in [0.29, 0.717) is 10.8 Å². The van der Waals surface area contributed by atoms with E-state index in [4.69, 9.17) is 51.1 Å². The first-order chi connectivity index (χ1) is 13.4. The largest absolute Gasteiger partial charge is 0.451 e. The fraction of sp³-hybridized carbons (Fsp3) is 0.0625. The SMILES string of the molecule is O=C(COC(=O)c1csc(-c2ncccn2)n1)Nc1c(Cl)c(Cl)cc(Cl)c1Cl. The molecule has 0 aliphatic carbocycles. The molecule has 0 atom stereocenters. The second-order valence-electron chi connectivity index (χ2n) is 5.08. The molecule has 3 aromatic rings. The number of hydrogen-bond donors (Lipinski definition) is 1. The Morgan fingerprint density at radius 1 is 1.07 bits per heavy atom. The van der Waals surface area contributed by atoms with E-state index in [9.17, 15) is 9.59 Å². The lowest BCUT2D eigenvalue weighted by Crippen LogP contribution is -2.21. The molecule has 1 aromatic carbocycles. The lowest BCUT2D eigenvalue weighted by Gasteiger charge is -2.11. The summed E-state index contributed by atoms with van der Waals surface area (Å²) in [6.07, 6.45) is 3.12. The summed E-state index contributed by atoms with van der Waals surface area (Å²) < 4.78 is 4.95. The standard InChI is InChI=1S/C16H8Cl4N4O3S/c17-7-4-8(18)12(20)13(11(7)19)24-10(25)5-27-16(26)9-6-28-15(23-9)14-21-2-1-3-22-14/h1-4,6H,5H2,(H,24,25). The van der Waals surface area contributed by atoms with Crippen molar-refractivity contribution in [2.24, 2.45) is 0 Å². The van der Waals surface area contributed by atoms with E-state index < -0.39 is 18.5 Å². The molecule has 0 saturated carbocycles. The van der Waals surface area contributed by atoms with E-state index >= 15 is 0 Å². The van der Waals surface area contributed by atoms with Crippen LogP contribution in [0.4, 0.5) is 5.69 Å². The summed E-state index contributed by atoms with van der Waals surface area (Å²) in [7, 11) is 0. The van der Waals surface area contributed by atoms with Gasteiger partial charge in [0.2, 0.25) is 0 Å². The molecule has 1 N–H and O–H groups in total. The molecule has 3 rings (SSSR count). The Labute approximate surface area is 182 Å². The molecule has 0 aliphatic rings. The van der Waals surface area contributed by atoms with Gasteiger partial charge in [-0.3, -0.25) is 4.79 Å². The summed E-state index contributed by atoms with van der Waals surface area (Å²) in [5, 5.41) is 4.60. The van der Waals surface area contributed by atoms with Crippen LogP contribution in [-0.4, -0.2) is 33.4 Å². The number of rotatable bonds is 5. The van der Waals surface area contributed by atoms with Gasteiger partial charge in [0.1, 0.15) is 0 Å². The number of esters is 1. The van der Waals surface area contributed by atoms with Crippen molar-refractivity contribution in [1.29, 1.82) is 0 Å². The highest BCUT2D eigenvalue weighted by Crippen LogP contribution is 2.40. The Morgan fingerprint density at radius 2 is 1.71 bits per heavy atom. The van der Waals surface area contributed by atoms with Gasteiger partial charge in [0, 0.05) is 17.8 Å². The molecular formula is C16H8Cl4N4O3S. The molecule has 0 fully saturated rings. The van der Waals surface area contributed by atoms with Crippen LogP contribution in [0.3, 0.4) is 0 Å². The molecule has 0 unspecified atom stereocenters. The number of amides is 1. The van der Waals surface area contributed by atoms with Crippen molar-refractivity contribution in [3.8, 4) is 10.8 Å². The van der Waals surface area contributed by atoms with Crippen LogP contribution in [0.25, 0.3) is 10.8 Å². The smallest absolute Gasteiger partial charge is 0.358 e. The monoisotopic (exact) mass is 476 g/mol. The van der Waals surface area contributed by atoms with Gasteiger partial charge in [-0.1, -0.05) is 46.4 Å². The Hall–Kier alpha value is -1.97. The van der Waals surface area contributed by atoms with E-state index in [0.717, 1.165) is 0 Å². The van der Waals surface area contributed by atoms with Gasteiger partial charge in [-0.25, -0.2) is 19.7 Å². The highest BCUT2D eigenvalue weighted by molar-refractivity contribution is 7.13. The van der Waals surface area contributed by atoms with Crippen LogP contribution >= 0.6 is 57.7 Å². The van der Waals surface area contributed by atoms with Crippen LogP contribution in [0.2, 0.25) is 20.1 Å². The molecule has 7 nitrogen and oxygen atoms in total. The molecule has 0 bridgehead atoms. The van der Waals surface area contributed by atoms with Gasteiger partial charge in [-0.2, -0.15) is 0 Å². The Balaban J connectivity index is 1.63. The minimum atomic E-state index is -0.782. The van der Waals surface area contributed by atoms with Crippen LogP contribution in [-0.2, 0) is 9.53 Å². The second-order valence-corrected chi connectivity index (χ2v) is 7.51. The number of thiazole rings is 1.